The van der Waals surface area contributed by atoms with Gasteiger partial charge in [-0.3, -0.25) is 4.79 Å². The van der Waals surface area contributed by atoms with Crippen LogP contribution in [0.1, 0.15) is 67.4 Å². The maximum atomic E-state index is 12.5. The lowest BCUT2D eigenvalue weighted by atomic mass is 9.67. The van der Waals surface area contributed by atoms with E-state index in [9.17, 15) is 4.79 Å². The molecule has 2 atom stereocenters. The maximum Gasteiger partial charge on any atom is 0.270 e. The van der Waals surface area contributed by atoms with E-state index in [4.69, 9.17) is 5.73 Å². The van der Waals surface area contributed by atoms with E-state index in [0.717, 1.165) is 17.8 Å². The van der Waals surface area contributed by atoms with Gasteiger partial charge in [-0.05, 0) is 37.5 Å². The zero-order valence-corrected chi connectivity index (χ0v) is 16.1. The molecule has 3 N–H and O–H groups in total. The number of hydrogen-bond acceptors (Lipinski definition) is 4. The number of carbonyl (C=O) groups excluding carboxylic acids is 1. The highest BCUT2D eigenvalue weighted by Crippen LogP contribution is 2.39. The number of aromatic nitrogens is 1. The van der Waals surface area contributed by atoms with Gasteiger partial charge in [-0.2, -0.15) is 0 Å². The second-order valence-electron chi connectivity index (χ2n) is 6.91. The lowest BCUT2D eigenvalue weighted by Gasteiger charge is -2.45. The molecule has 2 aliphatic rings. The number of thiazole rings is 1. The van der Waals surface area contributed by atoms with Gasteiger partial charge in [0.05, 0.1) is 5.01 Å². The fourth-order valence-electron chi connectivity index (χ4n) is 3.91. The number of amides is 1. The first kappa shape index (κ1) is 20.7. The molecule has 1 aromatic heterocycles. The van der Waals surface area contributed by atoms with Gasteiger partial charge in [-0.25, -0.2) is 4.98 Å². The molecular weight excluding hydrogens is 353 g/mol. The Kier molecular flexibility index (Phi) is 7.78. The summed E-state index contributed by atoms with van der Waals surface area (Å²) >= 11 is 1.58. The van der Waals surface area contributed by atoms with Crippen LogP contribution in [0.4, 0.5) is 0 Å². The van der Waals surface area contributed by atoms with Crippen molar-refractivity contribution < 1.29 is 4.79 Å². The monoisotopic (exact) mass is 379 g/mol. The van der Waals surface area contributed by atoms with Gasteiger partial charge in [0, 0.05) is 23.4 Å². The predicted molar refractivity (Wildman–Crippen MR) is 100.0 cm³/mol. The number of fused-ring (bicyclic) bond motifs is 2. The van der Waals surface area contributed by atoms with Gasteiger partial charge in [0.1, 0.15) is 5.69 Å². The smallest absolute Gasteiger partial charge is 0.270 e. The molecule has 2 unspecified atom stereocenters. The predicted octanol–water partition coefficient (Wildman–Crippen LogP) is 3.75. The summed E-state index contributed by atoms with van der Waals surface area (Å²) in [7, 11) is 0. The van der Waals surface area contributed by atoms with Crippen LogP contribution in [0.25, 0.3) is 0 Å². The Hall–Kier alpha value is -0.360. The van der Waals surface area contributed by atoms with E-state index in [1.807, 2.05) is 5.38 Å². The Labute approximate surface area is 154 Å². The Morgan fingerprint density at radius 3 is 2.43 bits per heavy atom. The summed E-state index contributed by atoms with van der Waals surface area (Å²) in [5.74, 6) is 1.48. The highest BCUT2D eigenvalue weighted by atomic mass is 35.5. The molecule has 0 aliphatic heterocycles. The molecule has 7 heteroatoms. The van der Waals surface area contributed by atoms with Crippen molar-refractivity contribution in [2.24, 2.45) is 17.6 Å². The third kappa shape index (κ3) is 4.59. The molecule has 2 fully saturated rings. The number of carbonyl (C=O) groups is 1. The fourth-order valence-corrected chi connectivity index (χ4v) is 4.72. The van der Waals surface area contributed by atoms with E-state index in [1.54, 1.807) is 11.3 Å². The largest absolute Gasteiger partial charge is 0.347 e. The van der Waals surface area contributed by atoms with Gasteiger partial charge in [-0.1, -0.05) is 20.3 Å². The van der Waals surface area contributed by atoms with Gasteiger partial charge in [0.25, 0.3) is 5.91 Å². The van der Waals surface area contributed by atoms with Crippen molar-refractivity contribution in [2.75, 3.05) is 0 Å². The van der Waals surface area contributed by atoms with E-state index in [2.05, 4.69) is 24.1 Å². The van der Waals surface area contributed by atoms with E-state index < -0.39 is 0 Å². The van der Waals surface area contributed by atoms with E-state index in [-0.39, 0.29) is 30.7 Å². The minimum Gasteiger partial charge on any atom is -0.347 e. The number of halogens is 2. The molecule has 2 saturated carbocycles. The topological polar surface area (TPSA) is 68.0 Å². The molecular formula is C16H27Cl2N3OS. The lowest BCUT2D eigenvalue weighted by molar-refractivity contribution is 0.0752. The lowest BCUT2D eigenvalue weighted by Crippen LogP contribution is -2.53. The summed E-state index contributed by atoms with van der Waals surface area (Å²) in [6.45, 7) is 4.21. The number of rotatable bonds is 3. The van der Waals surface area contributed by atoms with E-state index in [0.29, 0.717) is 35.5 Å². The Morgan fingerprint density at radius 2 is 1.91 bits per heavy atom. The molecule has 1 amide bonds. The molecule has 2 bridgehead atoms. The van der Waals surface area contributed by atoms with Gasteiger partial charge in [0.2, 0.25) is 0 Å². The van der Waals surface area contributed by atoms with Crippen LogP contribution in [0.2, 0.25) is 0 Å². The van der Waals surface area contributed by atoms with Crippen LogP contribution >= 0.6 is 36.2 Å². The van der Waals surface area contributed by atoms with Crippen molar-refractivity contribution in [1.82, 2.24) is 10.3 Å². The number of nitrogens with one attached hydrogen (secondary N) is 1. The highest BCUT2D eigenvalue weighted by molar-refractivity contribution is 7.09. The summed E-state index contributed by atoms with van der Waals surface area (Å²) in [5.41, 5.74) is 6.72. The molecule has 0 radical (unpaired) electrons. The first-order chi connectivity index (χ1) is 10.0. The van der Waals surface area contributed by atoms with Crippen LogP contribution in [-0.2, 0) is 0 Å². The first-order valence-electron chi connectivity index (χ1n) is 8.06. The zero-order chi connectivity index (χ0) is 15.0. The van der Waals surface area contributed by atoms with Crippen LogP contribution in [0, 0.1) is 11.8 Å². The molecule has 132 valence electrons. The molecule has 1 aromatic rings. The highest BCUT2D eigenvalue weighted by Gasteiger charge is 2.40. The third-order valence-corrected chi connectivity index (χ3v) is 6.07. The molecule has 0 saturated heterocycles. The summed E-state index contributed by atoms with van der Waals surface area (Å²) in [6.07, 6.45) is 5.78. The molecule has 23 heavy (non-hydrogen) atoms. The fraction of sp³-hybridized carbons (Fsp3) is 0.750. The van der Waals surface area contributed by atoms with Crippen LogP contribution in [0.15, 0.2) is 5.38 Å². The van der Waals surface area contributed by atoms with Crippen LogP contribution in [0.3, 0.4) is 0 Å². The van der Waals surface area contributed by atoms with Crippen LogP contribution in [-0.4, -0.2) is 23.0 Å². The molecule has 0 aromatic carbocycles. The summed E-state index contributed by atoms with van der Waals surface area (Å²) in [4.78, 5) is 16.9. The van der Waals surface area contributed by atoms with Gasteiger partial charge >= 0.3 is 0 Å². The molecule has 2 aliphatic carbocycles. The normalized spacial score (nSPS) is 29.4. The zero-order valence-electron chi connectivity index (χ0n) is 13.7. The van der Waals surface area contributed by atoms with Crippen LogP contribution in [0.5, 0.6) is 0 Å². The average molecular weight is 380 g/mol. The van der Waals surface area contributed by atoms with E-state index >= 15 is 0 Å². The van der Waals surface area contributed by atoms with Gasteiger partial charge in [0.15, 0.2) is 0 Å². The maximum absolute atomic E-state index is 12.5. The third-order valence-electron chi connectivity index (χ3n) is 4.92. The molecule has 0 spiro atoms. The van der Waals surface area contributed by atoms with Crippen molar-refractivity contribution >= 4 is 42.1 Å². The molecule has 1 heterocycles. The van der Waals surface area contributed by atoms with Crippen molar-refractivity contribution in [2.45, 2.75) is 64.0 Å². The molecule has 3 rings (SSSR count). The summed E-state index contributed by atoms with van der Waals surface area (Å²) in [6, 6.07) is 0.621. The van der Waals surface area contributed by atoms with Crippen LogP contribution < -0.4 is 11.1 Å². The second-order valence-corrected chi connectivity index (χ2v) is 7.80. The quantitative estimate of drug-likeness (QED) is 0.839. The minimum absolute atomic E-state index is 0. The van der Waals surface area contributed by atoms with Gasteiger partial charge in [-0.15, -0.1) is 36.2 Å². The van der Waals surface area contributed by atoms with Crippen molar-refractivity contribution in [1.29, 1.82) is 0 Å². The van der Waals surface area contributed by atoms with E-state index in [1.165, 1.54) is 19.3 Å². The SMILES string of the molecule is CC(C)c1nc(C(=O)NC2C3CCCC2CC(N)C3)cs1.Cl.Cl. The Morgan fingerprint density at radius 1 is 1.30 bits per heavy atom. The standard InChI is InChI=1S/C16H25N3OS.2ClH/c1-9(2)16-18-13(8-21-16)15(20)19-14-10-4-3-5-11(14)7-12(17)6-10;;/h8-12,14H,3-7,17H2,1-2H3,(H,19,20);2*1H. The number of nitrogens with zero attached hydrogens (tertiary/aromatic N) is 1. The second kappa shape index (κ2) is 8.65. The Bertz CT molecular complexity index is 509. The summed E-state index contributed by atoms with van der Waals surface area (Å²) in [5, 5.41) is 6.18. The Balaban J connectivity index is 0.00000132. The van der Waals surface area contributed by atoms with Crippen molar-refractivity contribution in [3.05, 3.63) is 16.1 Å². The van der Waals surface area contributed by atoms with Crippen molar-refractivity contribution in [3.8, 4) is 0 Å². The first-order valence-corrected chi connectivity index (χ1v) is 8.94. The number of hydrogen-bond donors (Lipinski definition) is 2. The minimum atomic E-state index is -0.00415. The average Bonchev–Trinajstić information content (AvgIpc) is 2.89. The number of nitrogens with two attached hydrogens (primary N) is 1. The molecule has 4 nitrogen and oxygen atoms in total. The van der Waals surface area contributed by atoms with Crippen molar-refractivity contribution in [3.63, 3.8) is 0 Å². The van der Waals surface area contributed by atoms with Gasteiger partial charge < -0.3 is 11.1 Å². The summed E-state index contributed by atoms with van der Waals surface area (Å²) < 4.78 is 0.